The van der Waals surface area contributed by atoms with Crippen molar-refractivity contribution in [2.45, 2.75) is 0 Å². The highest BCUT2D eigenvalue weighted by molar-refractivity contribution is 6.10. The number of carbonyl (C=O) groups is 1. The zero-order valence-electron chi connectivity index (χ0n) is 11.6. The Morgan fingerprint density at radius 2 is 1.64 bits per heavy atom. The summed E-state index contributed by atoms with van der Waals surface area (Å²) in [5.41, 5.74) is 0.278. The van der Waals surface area contributed by atoms with Gasteiger partial charge in [-0.2, -0.15) is 0 Å². The van der Waals surface area contributed by atoms with E-state index in [4.69, 9.17) is 4.74 Å². The normalized spacial score (nSPS) is 10.8. The predicted octanol–water partition coefficient (Wildman–Crippen LogP) is 2.41. The van der Waals surface area contributed by atoms with E-state index in [1.165, 1.54) is 25.3 Å². The Labute approximate surface area is 126 Å². The van der Waals surface area contributed by atoms with E-state index >= 15 is 0 Å². The first-order chi connectivity index (χ1) is 10.4. The van der Waals surface area contributed by atoms with Crippen molar-refractivity contribution in [3.8, 4) is 28.7 Å². The molecule has 0 saturated heterocycles. The summed E-state index contributed by atoms with van der Waals surface area (Å²) in [4.78, 5) is 12.0. The molecule has 0 bridgehead atoms. The first kappa shape index (κ1) is 15.2. The van der Waals surface area contributed by atoms with E-state index in [2.05, 4.69) is 0 Å². The van der Waals surface area contributed by atoms with E-state index in [1.54, 1.807) is 6.07 Å². The molecule has 0 radical (unpaired) electrons. The molecule has 0 aliphatic rings. The number of rotatable bonds is 4. The third-order valence-electron chi connectivity index (χ3n) is 2.96. The van der Waals surface area contributed by atoms with E-state index in [0.717, 1.165) is 18.2 Å². The highest BCUT2D eigenvalue weighted by Gasteiger charge is 2.15. The van der Waals surface area contributed by atoms with Crippen LogP contribution in [0, 0.1) is 0 Å². The minimum absolute atomic E-state index is 0.0280. The van der Waals surface area contributed by atoms with Gasteiger partial charge in [0, 0.05) is 12.1 Å². The lowest BCUT2D eigenvalue weighted by atomic mass is 10.1. The van der Waals surface area contributed by atoms with Crippen LogP contribution in [-0.4, -0.2) is 33.3 Å². The van der Waals surface area contributed by atoms with Gasteiger partial charge in [-0.1, -0.05) is 12.1 Å². The monoisotopic (exact) mass is 302 g/mol. The molecule has 0 aliphatic carbocycles. The van der Waals surface area contributed by atoms with Crippen LogP contribution in [0.5, 0.6) is 28.7 Å². The van der Waals surface area contributed by atoms with Crippen LogP contribution in [0.25, 0.3) is 6.08 Å². The fourth-order valence-electron chi connectivity index (χ4n) is 1.90. The predicted molar refractivity (Wildman–Crippen MR) is 79.5 cm³/mol. The Bertz CT molecular complexity index is 725. The molecular weight excluding hydrogens is 288 g/mol. The number of hydrogen-bond donors (Lipinski definition) is 4. The number of aromatic hydroxyl groups is 4. The van der Waals surface area contributed by atoms with Gasteiger partial charge in [0.05, 0.1) is 7.11 Å². The zero-order valence-corrected chi connectivity index (χ0v) is 11.6. The quantitative estimate of drug-likeness (QED) is 0.510. The number of methoxy groups -OCH3 is 1. The Hall–Kier alpha value is -3.15. The smallest absolute Gasteiger partial charge is 0.193 e. The van der Waals surface area contributed by atoms with Gasteiger partial charge in [-0.3, -0.25) is 4.79 Å². The van der Waals surface area contributed by atoms with Crippen molar-refractivity contribution in [2.24, 2.45) is 0 Å². The maximum absolute atomic E-state index is 12.0. The van der Waals surface area contributed by atoms with Gasteiger partial charge in [0.15, 0.2) is 17.3 Å². The van der Waals surface area contributed by atoms with Crippen LogP contribution in [0.1, 0.15) is 15.9 Å². The zero-order chi connectivity index (χ0) is 16.3. The summed E-state index contributed by atoms with van der Waals surface area (Å²) in [6, 6.07) is 6.43. The van der Waals surface area contributed by atoms with E-state index < -0.39 is 17.3 Å². The summed E-state index contributed by atoms with van der Waals surface area (Å²) in [5.74, 6) is -1.79. The third kappa shape index (κ3) is 3.12. The highest BCUT2D eigenvalue weighted by Crippen LogP contribution is 2.32. The summed E-state index contributed by atoms with van der Waals surface area (Å²) in [5, 5.41) is 37.9. The van der Waals surface area contributed by atoms with Crippen molar-refractivity contribution in [3.63, 3.8) is 0 Å². The highest BCUT2D eigenvalue weighted by atomic mass is 16.5. The van der Waals surface area contributed by atoms with Crippen LogP contribution in [0.3, 0.4) is 0 Å². The molecule has 22 heavy (non-hydrogen) atoms. The van der Waals surface area contributed by atoms with Crippen molar-refractivity contribution >= 4 is 11.9 Å². The molecule has 0 aromatic heterocycles. The van der Waals surface area contributed by atoms with E-state index in [-0.39, 0.29) is 22.8 Å². The van der Waals surface area contributed by atoms with Gasteiger partial charge in [0.1, 0.15) is 22.8 Å². The van der Waals surface area contributed by atoms with Gasteiger partial charge in [0.25, 0.3) is 0 Å². The molecule has 0 heterocycles. The van der Waals surface area contributed by atoms with Crippen molar-refractivity contribution in [3.05, 3.63) is 47.5 Å². The molecule has 2 aromatic carbocycles. The number of allylic oxidation sites excluding steroid dienone is 1. The van der Waals surface area contributed by atoms with Gasteiger partial charge in [-0.25, -0.2) is 0 Å². The van der Waals surface area contributed by atoms with Crippen LogP contribution in [0.2, 0.25) is 0 Å². The maximum Gasteiger partial charge on any atom is 0.193 e. The lowest BCUT2D eigenvalue weighted by Gasteiger charge is -2.05. The molecule has 0 fully saturated rings. The molecule has 6 nitrogen and oxygen atoms in total. The second-order valence-corrected chi connectivity index (χ2v) is 4.49. The number of phenolic OH excluding ortho intramolecular Hbond substituents is 4. The summed E-state index contributed by atoms with van der Waals surface area (Å²) in [6.07, 6.45) is 2.59. The van der Waals surface area contributed by atoms with Crippen molar-refractivity contribution in [1.29, 1.82) is 0 Å². The molecule has 0 unspecified atom stereocenters. The van der Waals surface area contributed by atoms with Gasteiger partial charge in [-0.15, -0.1) is 0 Å². The fourth-order valence-corrected chi connectivity index (χ4v) is 1.90. The standard InChI is InChI=1S/C16H14O6/c1-22-15-6-9(2-4-11(15)18)3-5-12(19)16-13(20)7-10(17)8-14(16)21/h2-8,17-18,20-21H,1H3. The van der Waals surface area contributed by atoms with Crippen molar-refractivity contribution in [2.75, 3.05) is 7.11 Å². The molecule has 0 atom stereocenters. The van der Waals surface area contributed by atoms with Gasteiger partial charge in [-0.05, 0) is 23.8 Å². The summed E-state index contributed by atoms with van der Waals surface area (Å²) >= 11 is 0. The van der Waals surface area contributed by atoms with E-state index in [0.29, 0.717) is 5.56 Å². The fraction of sp³-hybridized carbons (Fsp3) is 0.0625. The number of hydrogen-bond acceptors (Lipinski definition) is 6. The van der Waals surface area contributed by atoms with Crippen molar-refractivity contribution < 1.29 is 30.0 Å². The van der Waals surface area contributed by atoms with Crippen LogP contribution in [-0.2, 0) is 0 Å². The van der Waals surface area contributed by atoms with Gasteiger partial charge < -0.3 is 25.2 Å². The SMILES string of the molecule is COc1cc(C=CC(=O)c2c(O)cc(O)cc2O)ccc1O. The molecule has 0 amide bonds. The molecular formula is C16H14O6. The molecule has 2 aromatic rings. The summed E-state index contributed by atoms with van der Waals surface area (Å²) in [6.45, 7) is 0. The van der Waals surface area contributed by atoms with Crippen LogP contribution in [0.4, 0.5) is 0 Å². The van der Waals surface area contributed by atoms with Crippen molar-refractivity contribution in [1.82, 2.24) is 0 Å². The number of benzene rings is 2. The lowest BCUT2D eigenvalue weighted by Crippen LogP contribution is -1.95. The minimum atomic E-state index is -0.637. The van der Waals surface area contributed by atoms with Gasteiger partial charge in [0.2, 0.25) is 0 Å². The topological polar surface area (TPSA) is 107 Å². The Kier molecular flexibility index (Phi) is 4.22. The first-order valence-electron chi connectivity index (χ1n) is 6.26. The van der Waals surface area contributed by atoms with E-state index in [1.807, 2.05) is 0 Å². The Morgan fingerprint density at radius 3 is 2.23 bits per heavy atom. The molecule has 4 N–H and O–H groups in total. The Morgan fingerprint density at radius 1 is 1.00 bits per heavy atom. The average Bonchev–Trinajstić information content (AvgIpc) is 2.45. The second-order valence-electron chi connectivity index (χ2n) is 4.49. The van der Waals surface area contributed by atoms with Crippen LogP contribution in [0.15, 0.2) is 36.4 Å². The summed E-state index contributed by atoms with van der Waals surface area (Å²) < 4.78 is 4.95. The Balaban J connectivity index is 2.29. The molecule has 0 aliphatic heterocycles. The minimum Gasteiger partial charge on any atom is -0.508 e. The van der Waals surface area contributed by atoms with Gasteiger partial charge >= 0.3 is 0 Å². The third-order valence-corrected chi connectivity index (χ3v) is 2.96. The molecule has 0 saturated carbocycles. The number of phenols is 4. The molecule has 2 rings (SSSR count). The van der Waals surface area contributed by atoms with E-state index in [9.17, 15) is 25.2 Å². The molecule has 0 spiro atoms. The largest absolute Gasteiger partial charge is 0.508 e. The molecule has 114 valence electrons. The summed E-state index contributed by atoms with van der Waals surface area (Å²) in [7, 11) is 1.40. The molecule has 6 heteroatoms. The van der Waals surface area contributed by atoms with Crippen LogP contribution >= 0.6 is 0 Å². The second kappa shape index (κ2) is 6.09. The number of carbonyl (C=O) groups excluding carboxylic acids is 1. The first-order valence-corrected chi connectivity index (χ1v) is 6.26. The van der Waals surface area contributed by atoms with Crippen LogP contribution < -0.4 is 4.74 Å². The number of ether oxygens (including phenoxy) is 1. The number of ketones is 1. The lowest BCUT2D eigenvalue weighted by molar-refractivity contribution is 0.104. The maximum atomic E-state index is 12.0. The average molecular weight is 302 g/mol.